The predicted molar refractivity (Wildman–Crippen MR) is 72.6 cm³/mol. The average Bonchev–Trinajstić information content (AvgIpc) is 2.83. The Bertz CT molecular complexity index is 348. The Balaban J connectivity index is 1.91. The fourth-order valence-corrected chi connectivity index (χ4v) is 2.66. The first kappa shape index (κ1) is 13.1. The second-order valence-corrected chi connectivity index (χ2v) is 5.17. The first-order valence-electron chi connectivity index (χ1n) is 6.15. The van der Waals surface area contributed by atoms with Crippen molar-refractivity contribution in [3.8, 4) is 0 Å². The van der Waals surface area contributed by atoms with Gasteiger partial charge < -0.3 is 9.47 Å². The Hall–Kier alpha value is -0.380. The maximum atomic E-state index is 5.94. The fourth-order valence-electron chi connectivity index (χ4n) is 2.10. The summed E-state index contributed by atoms with van der Waals surface area (Å²) < 4.78 is 11.5. The minimum atomic E-state index is 0.124. The van der Waals surface area contributed by atoms with Gasteiger partial charge in [-0.1, -0.05) is 45.8 Å². The third-order valence-electron chi connectivity index (χ3n) is 3.06. The molecular formula is C14H19BrO2. The number of hydrogen-bond acceptors (Lipinski definition) is 2. The second kappa shape index (κ2) is 6.53. The van der Waals surface area contributed by atoms with Crippen LogP contribution >= 0.6 is 15.9 Å². The monoisotopic (exact) mass is 298 g/mol. The third-order valence-corrected chi connectivity index (χ3v) is 3.65. The molecule has 0 spiro atoms. The molecule has 2 unspecified atom stereocenters. The molecule has 1 aromatic carbocycles. The predicted octanol–water partition coefficient (Wildman–Crippen LogP) is 3.63. The van der Waals surface area contributed by atoms with Gasteiger partial charge in [-0.2, -0.15) is 0 Å². The van der Waals surface area contributed by atoms with E-state index in [0.29, 0.717) is 12.7 Å². The third kappa shape index (κ3) is 3.80. The van der Waals surface area contributed by atoms with E-state index in [0.717, 1.165) is 24.8 Å². The topological polar surface area (TPSA) is 18.5 Å². The van der Waals surface area contributed by atoms with Crippen LogP contribution in [0.15, 0.2) is 24.3 Å². The second-order valence-electron chi connectivity index (χ2n) is 4.53. The van der Waals surface area contributed by atoms with Crippen molar-refractivity contribution in [2.45, 2.75) is 32.0 Å². The minimum absolute atomic E-state index is 0.124. The lowest BCUT2D eigenvalue weighted by Gasteiger charge is -2.18. The van der Waals surface area contributed by atoms with E-state index in [1.807, 2.05) is 0 Å². The van der Waals surface area contributed by atoms with Crippen LogP contribution in [0.4, 0.5) is 0 Å². The lowest BCUT2D eigenvalue weighted by Crippen LogP contribution is -2.17. The summed E-state index contributed by atoms with van der Waals surface area (Å²) in [6.07, 6.45) is 2.71. The van der Waals surface area contributed by atoms with E-state index in [-0.39, 0.29) is 6.10 Å². The fraction of sp³-hybridized carbons (Fsp3) is 0.571. The van der Waals surface area contributed by atoms with Crippen LogP contribution in [0.25, 0.3) is 0 Å². The van der Waals surface area contributed by atoms with Gasteiger partial charge in [0.2, 0.25) is 0 Å². The van der Waals surface area contributed by atoms with Crippen molar-refractivity contribution in [2.24, 2.45) is 0 Å². The number of benzene rings is 1. The van der Waals surface area contributed by atoms with Crippen molar-refractivity contribution in [1.29, 1.82) is 0 Å². The van der Waals surface area contributed by atoms with E-state index < -0.39 is 0 Å². The summed E-state index contributed by atoms with van der Waals surface area (Å²) in [4.78, 5) is 0. The quantitative estimate of drug-likeness (QED) is 0.773. The summed E-state index contributed by atoms with van der Waals surface area (Å²) in [6, 6.07) is 8.49. The molecule has 0 aromatic heterocycles. The summed E-state index contributed by atoms with van der Waals surface area (Å²) >= 11 is 3.52. The van der Waals surface area contributed by atoms with Crippen molar-refractivity contribution in [3.05, 3.63) is 35.4 Å². The summed E-state index contributed by atoms with van der Waals surface area (Å²) in [6.45, 7) is 3.69. The van der Waals surface area contributed by atoms with Crippen LogP contribution in [0.3, 0.4) is 0 Å². The van der Waals surface area contributed by atoms with E-state index in [1.54, 1.807) is 0 Å². The molecule has 0 aliphatic carbocycles. The zero-order valence-electron chi connectivity index (χ0n) is 10.2. The number of alkyl halides is 1. The van der Waals surface area contributed by atoms with Crippen molar-refractivity contribution in [3.63, 3.8) is 0 Å². The highest BCUT2D eigenvalue weighted by molar-refractivity contribution is 9.09. The molecule has 3 heteroatoms. The van der Waals surface area contributed by atoms with Crippen LogP contribution in [-0.4, -0.2) is 24.6 Å². The maximum Gasteiger partial charge on any atom is 0.0923 e. The summed E-state index contributed by atoms with van der Waals surface area (Å²) in [5, 5.41) is 0.823. The van der Waals surface area contributed by atoms with Gasteiger partial charge in [0.1, 0.15) is 0 Å². The molecule has 1 aliphatic heterocycles. The van der Waals surface area contributed by atoms with Crippen LogP contribution in [0.1, 0.15) is 30.1 Å². The van der Waals surface area contributed by atoms with E-state index in [9.17, 15) is 0 Å². The molecule has 1 saturated heterocycles. The molecule has 0 radical (unpaired) electrons. The maximum absolute atomic E-state index is 5.94. The van der Waals surface area contributed by atoms with Crippen LogP contribution in [-0.2, 0) is 9.47 Å². The highest BCUT2D eigenvalue weighted by Crippen LogP contribution is 2.22. The number of ether oxygens (including phenoxy) is 2. The molecule has 94 valence electrons. The molecule has 1 heterocycles. The van der Waals surface area contributed by atoms with E-state index >= 15 is 0 Å². The molecule has 2 nitrogen and oxygen atoms in total. The van der Waals surface area contributed by atoms with Gasteiger partial charge in [0.05, 0.1) is 18.8 Å². The molecule has 1 aromatic rings. The van der Waals surface area contributed by atoms with Gasteiger partial charge in [-0.3, -0.25) is 0 Å². The molecular weight excluding hydrogens is 280 g/mol. The standard InChI is InChI=1S/C14H19BrO2/c1-11-4-2-5-12(8-11)14(9-15)17-10-13-6-3-7-16-13/h2,4-5,8,13-14H,3,6-7,9-10H2,1H3. The van der Waals surface area contributed by atoms with E-state index in [4.69, 9.17) is 9.47 Å². The first-order valence-corrected chi connectivity index (χ1v) is 7.27. The summed E-state index contributed by atoms with van der Waals surface area (Å²) in [5.74, 6) is 0. The van der Waals surface area contributed by atoms with Gasteiger partial charge in [0, 0.05) is 11.9 Å². The molecule has 0 amide bonds. The largest absolute Gasteiger partial charge is 0.376 e. The van der Waals surface area contributed by atoms with Crippen LogP contribution in [0, 0.1) is 6.92 Å². The van der Waals surface area contributed by atoms with Crippen molar-refractivity contribution in [2.75, 3.05) is 18.5 Å². The van der Waals surface area contributed by atoms with Gasteiger partial charge in [-0.15, -0.1) is 0 Å². The molecule has 1 fully saturated rings. The van der Waals surface area contributed by atoms with Crippen molar-refractivity contribution < 1.29 is 9.47 Å². The van der Waals surface area contributed by atoms with Gasteiger partial charge >= 0.3 is 0 Å². The molecule has 2 rings (SSSR count). The lowest BCUT2D eigenvalue weighted by molar-refractivity contribution is -0.0127. The zero-order chi connectivity index (χ0) is 12.1. The van der Waals surface area contributed by atoms with Crippen LogP contribution in [0.5, 0.6) is 0 Å². The zero-order valence-corrected chi connectivity index (χ0v) is 11.8. The SMILES string of the molecule is Cc1cccc(C(CBr)OCC2CCCO2)c1. The van der Waals surface area contributed by atoms with Gasteiger partial charge in [0.15, 0.2) is 0 Å². The molecule has 0 N–H and O–H groups in total. The summed E-state index contributed by atoms with van der Waals surface area (Å²) in [7, 11) is 0. The highest BCUT2D eigenvalue weighted by atomic mass is 79.9. The molecule has 0 bridgehead atoms. The Kier molecular flexibility index (Phi) is 5.01. The Morgan fingerprint density at radius 2 is 2.41 bits per heavy atom. The van der Waals surface area contributed by atoms with E-state index in [1.165, 1.54) is 11.1 Å². The van der Waals surface area contributed by atoms with Gasteiger partial charge in [0.25, 0.3) is 0 Å². The highest BCUT2D eigenvalue weighted by Gasteiger charge is 2.18. The normalized spacial score (nSPS) is 21.6. The average molecular weight is 299 g/mol. The number of aryl methyl sites for hydroxylation is 1. The minimum Gasteiger partial charge on any atom is -0.376 e. The summed E-state index contributed by atoms with van der Waals surface area (Å²) in [5.41, 5.74) is 2.51. The smallest absolute Gasteiger partial charge is 0.0923 e. The van der Waals surface area contributed by atoms with Gasteiger partial charge in [-0.25, -0.2) is 0 Å². The van der Waals surface area contributed by atoms with Crippen LogP contribution in [0.2, 0.25) is 0 Å². The first-order chi connectivity index (χ1) is 8.29. The Morgan fingerprint density at radius 1 is 1.53 bits per heavy atom. The molecule has 17 heavy (non-hydrogen) atoms. The Morgan fingerprint density at radius 3 is 3.06 bits per heavy atom. The molecule has 1 aliphatic rings. The molecule has 2 atom stereocenters. The number of rotatable bonds is 5. The lowest BCUT2D eigenvalue weighted by atomic mass is 10.1. The van der Waals surface area contributed by atoms with Gasteiger partial charge in [-0.05, 0) is 25.3 Å². The Labute approximate surface area is 111 Å². The molecule has 0 saturated carbocycles. The number of hydrogen-bond donors (Lipinski definition) is 0. The van der Waals surface area contributed by atoms with Crippen molar-refractivity contribution in [1.82, 2.24) is 0 Å². The number of halogens is 1. The van der Waals surface area contributed by atoms with Crippen LogP contribution < -0.4 is 0 Å². The van der Waals surface area contributed by atoms with Crippen molar-refractivity contribution >= 4 is 15.9 Å². The van der Waals surface area contributed by atoms with E-state index in [2.05, 4.69) is 47.1 Å².